The van der Waals surface area contributed by atoms with Gasteiger partial charge in [0.25, 0.3) is 0 Å². The minimum atomic E-state index is -0.889. The van der Waals surface area contributed by atoms with Gasteiger partial charge in [0.1, 0.15) is 6.04 Å². The molecule has 0 aromatic heterocycles. The van der Waals surface area contributed by atoms with Crippen molar-refractivity contribution in [3.8, 4) is 0 Å². The number of nitrogens with one attached hydrogen (secondary N) is 1. The molecule has 2 aliphatic rings. The molecule has 0 aromatic rings. The van der Waals surface area contributed by atoms with E-state index in [9.17, 15) is 14.7 Å². The Morgan fingerprint density at radius 3 is 2.40 bits per heavy atom. The van der Waals surface area contributed by atoms with Gasteiger partial charge in [0.2, 0.25) is 0 Å². The van der Waals surface area contributed by atoms with Crippen molar-refractivity contribution in [2.24, 2.45) is 17.8 Å². The Balaban J connectivity index is 1.98. The van der Waals surface area contributed by atoms with E-state index in [1.807, 2.05) is 6.92 Å². The van der Waals surface area contributed by atoms with E-state index >= 15 is 0 Å². The van der Waals surface area contributed by atoms with Gasteiger partial charge in [-0.2, -0.15) is 0 Å². The van der Waals surface area contributed by atoms with Crippen molar-refractivity contribution in [3.05, 3.63) is 0 Å². The van der Waals surface area contributed by atoms with Crippen molar-refractivity contribution >= 4 is 12.0 Å². The number of carbonyl (C=O) groups excluding carboxylic acids is 1. The van der Waals surface area contributed by atoms with E-state index in [0.29, 0.717) is 30.7 Å². The van der Waals surface area contributed by atoms with Crippen LogP contribution < -0.4 is 5.32 Å². The van der Waals surface area contributed by atoms with Gasteiger partial charge >= 0.3 is 12.0 Å². The Morgan fingerprint density at radius 2 is 1.85 bits per heavy atom. The lowest BCUT2D eigenvalue weighted by Crippen LogP contribution is -2.55. The molecule has 5 atom stereocenters. The van der Waals surface area contributed by atoms with Crippen LogP contribution in [-0.2, 0) is 4.79 Å². The third kappa shape index (κ3) is 3.07. The molecule has 1 saturated carbocycles. The molecule has 0 bridgehead atoms. The van der Waals surface area contributed by atoms with Gasteiger partial charge in [-0.3, -0.25) is 0 Å². The number of hydrogen-bond acceptors (Lipinski definition) is 2. The average Bonchev–Trinajstić information content (AvgIpc) is 2.70. The third-order valence-corrected chi connectivity index (χ3v) is 5.18. The standard InChI is InChI=1S/C15H26N2O3/c1-9-6-7-17(13(8-9)14(18)19)15(20)16-12-5-4-10(2)11(12)3/h9-13H,4-8H2,1-3H3,(H,16,20)(H,18,19). The van der Waals surface area contributed by atoms with Gasteiger partial charge in [0, 0.05) is 12.6 Å². The molecule has 2 amide bonds. The lowest BCUT2D eigenvalue weighted by Gasteiger charge is -2.37. The second-order valence-corrected chi connectivity index (χ2v) is 6.65. The first-order valence-corrected chi connectivity index (χ1v) is 7.70. The molecule has 5 unspecified atom stereocenters. The number of carboxylic acids is 1. The van der Waals surface area contributed by atoms with Gasteiger partial charge in [-0.25, -0.2) is 9.59 Å². The number of rotatable bonds is 2. The largest absolute Gasteiger partial charge is 0.480 e. The smallest absolute Gasteiger partial charge is 0.326 e. The fourth-order valence-corrected chi connectivity index (χ4v) is 3.43. The summed E-state index contributed by atoms with van der Waals surface area (Å²) < 4.78 is 0. The molecule has 1 heterocycles. The first-order chi connectivity index (χ1) is 9.40. The molecular weight excluding hydrogens is 256 g/mol. The lowest BCUT2D eigenvalue weighted by molar-refractivity contribution is -0.143. The quantitative estimate of drug-likeness (QED) is 0.816. The van der Waals surface area contributed by atoms with E-state index in [1.54, 1.807) is 0 Å². The highest BCUT2D eigenvalue weighted by molar-refractivity contribution is 5.83. The van der Waals surface area contributed by atoms with E-state index in [4.69, 9.17) is 0 Å². The zero-order valence-electron chi connectivity index (χ0n) is 12.6. The number of amides is 2. The highest BCUT2D eigenvalue weighted by Crippen LogP contribution is 2.31. The first kappa shape index (κ1) is 15.1. The second-order valence-electron chi connectivity index (χ2n) is 6.65. The summed E-state index contributed by atoms with van der Waals surface area (Å²) >= 11 is 0. The maximum atomic E-state index is 12.4. The molecule has 114 valence electrons. The Labute approximate surface area is 120 Å². The molecule has 1 aliphatic heterocycles. The summed E-state index contributed by atoms with van der Waals surface area (Å²) in [6.07, 6.45) is 3.56. The maximum absolute atomic E-state index is 12.4. The zero-order chi connectivity index (χ0) is 14.9. The van der Waals surface area contributed by atoms with Crippen LogP contribution in [0, 0.1) is 17.8 Å². The minimum Gasteiger partial charge on any atom is -0.480 e. The van der Waals surface area contributed by atoms with Crippen molar-refractivity contribution in [1.82, 2.24) is 10.2 Å². The number of urea groups is 1. The van der Waals surface area contributed by atoms with Crippen LogP contribution in [-0.4, -0.2) is 40.6 Å². The predicted octanol–water partition coefficient (Wildman–Crippen LogP) is 2.32. The number of piperidine rings is 1. The number of carboxylic acid groups (broad SMARTS) is 1. The van der Waals surface area contributed by atoms with Gasteiger partial charge < -0.3 is 15.3 Å². The fraction of sp³-hybridized carbons (Fsp3) is 0.867. The van der Waals surface area contributed by atoms with Gasteiger partial charge in [0.05, 0.1) is 0 Å². The summed E-state index contributed by atoms with van der Waals surface area (Å²) in [5.41, 5.74) is 0. The van der Waals surface area contributed by atoms with Gasteiger partial charge in [-0.1, -0.05) is 20.8 Å². The van der Waals surface area contributed by atoms with Crippen LogP contribution in [0.5, 0.6) is 0 Å². The third-order valence-electron chi connectivity index (χ3n) is 5.18. The predicted molar refractivity (Wildman–Crippen MR) is 76.4 cm³/mol. The van der Waals surface area contributed by atoms with E-state index in [0.717, 1.165) is 19.3 Å². The van der Waals surface area contributed by atoms with Crippen LogP contribution in [0.15, 0.2) is 0 Å². The Kier molecular flexibility index (Phi) is 4.55. The van der Waals surface area contributed by atoms with Crippen molar-refractivity contribution in [2.75, 3.05) is 6.54 Å². The molecule has 1 saturated heterocycles. The van der Waals surface area contributed by atoms with E-state index < -0.39 is 12.0 Å². The number of nitrogens with zero attached hydrogens (tertiary/aromatic N) is 1. The summed E-state index contributed by atoms with van der Waals surface area (Å²) in [6, 6.07) is -0.686. The number of aliphatic carboxylic acids is 1. The monoisotopic (exact) mass is 282 g/mol. The van der Waals surface area contributed by atoms with Gasteiger partial charge in [-0.15, -0.1) is 0 Å². The Hall–Kier alpha value is -1.26. The molecule has 0 radical (unpaired) electrons. The zero-order valence-corrected chi connectivity index (χ0v) is 12.6. The molecule has 5 heteroatoms. The summed E-state index contributed by atoms with van der Waals surface area (Å²) in [5.74, 6) is 0.563. The lowest BCUT2D eigenvalue weighted by atomic mass is 9.92. The van der Waals surface area contributed by atoms with Crippen LogP contribution in [0.25, 0.3) is 0 Å². The Morgan fingerprint density at radius 1 is 1.15 bits per heavy atom. The van der Waals surface area contributed by atoms with Crippen molar-refractivity contribution < 1.29 is 14.7 Å². The highest BCUT2D eigenvalue weighted by Gasteiger charge is 2.37. The van der Waals surface area contributed by atoms with Crippen LogP contribution in [0.3, 0.4) is 0 Å². The minimum absolute atomic E-state index is 0.186. The van der Waals surface area contributed by atoms with Crippen LogP contribution >= 0.6 is 0 Å². The number of carbonyl (C=O) groups is 2. The summed E-state index contributed by atoms with van der Waals surface area (Å²) in [6.45, 7) is 6.96. The van der Waals surface area contributed by atoms with E-state index in [1.165, 1.54) is 4.90 Å². The number of likely N-dealkylation sites (tertiary alicyclic amines) is 1. The molecular formula is C15H26N2O3. The molecule has 2 N–H and O–H groups in total. The normalized spacial score (nSPS) is 37.8. The molecule has 2 rings (SSSR count). The summed E-state index contributed by atoms with van der Waals surface area (Å²) in [5, 5.41) is 12.4. The molecule has 20 heavy (non-hydrogen) atoms. The van der Waals surface area contributed by atoms with E-state index in [-0.39, 0.29) is 12.1 Å². The maximum Gasteiger partial charge on any atom is 0.326 e. The molecule has 0 spiro atoms. The topological polar surface area (TPSA) is 69.6 Å². The van der Waals surface area contributed by atoms with Crippen LogP contribution in [0.2, 0.25) is 0 Å². The van der Waals surface area contributed by atoms with Crippen molar-refractivity contribution in [2.45, 2.75) is 58.5 Å². The SMILES string of the molecule is CC1CCN(C(=O)NC2CCC(C)C2C)C(C(=O)O)C1. The molecule has 0 aromatic carbocycles. The van der Waals surface area contributed by atoms with E-state index in [2.05, 4.69) is 19.2 Å². The van der Waals surface area contributed by atoms with Crippen molar-refractivity contribution in [3.63, 3.8) is 0 Å². The van der Waals surface area contributed by atoms with Crippen molar-refractivity contribution in [1.29, 1.82) is 0 Å². The fourth-order valence-electron chi connectivity index (χ4n) is 3.43. The molecule has 1 aliphatic carbocycles. The average molecular weight is 282 g/mol. The summed E-state index contributed by atoms with van der Waals surface area (Å²) in [4.78, 5) is 25.2. The van der Waals surface area contributed by atoms with Gasteiger partial charge in [0.15, 0.2) is 0 Å². The van der Waals surface area contributed by atoms with Crippen LogP contribution in [0.4, 0.5) is 4.79 Å². The van der Waals surface area contributed by atoms with Crippen LogP contribution in [0.1, 0.15) is 46.5 Å². The second kappa shape index (κ2) is 6.02. The number of hydrogen-bond donors (Lipinski definition) is 2. The Bertz CT molecular complexity index is 385. The molecule has 5 nitrogen and oxygen atoms in total. The van der Waals surface area contributed by atoms with Gasteiger partial charge in [-0.05, 0) is 43.4 Å². The molecule has 2 fully saturated rings. The first-order valence-electron chi connectivity index (χ1n) is 7.70. The highest BCUT2D eigenvalue weighted by atomic mass is 16.4. The summed E-state index contributed by atoms with van der Waals surface area (Å²) in [7, 11) is 0.